The van der Waals surface area contributed by atoms with Crippen molar-refractivity contribution in [1.82, 2.24) is 4.98 Å². The molecule has 0 radical (unpaired) electrons. The summed E-state index contributed by atoms with van der Waals surface area (Å²) in [6, 6.07) is 5.72. The van der Waals surface area contributed by atoms with E-state index in [1.807, 2.05) is 13.8 Å². The van der Waals surface area contributed by atoms with Crippen molar-refractivity contribution in [2.75, 3.05) is 7.11 Å². The van der Waals surface area contributed by atoms with Gasteiger partial charge in [0.15, 0.2) is 5.69 Å². The third kappa shape index (κ3) is 2.65. The normalized spacial score (nSPS) is 10.8. The number of esters is 1. The largest absolute Gasteiger partial charge is 0.464 e. The molecule has 5 heteroatoms. The van der Waals surface area contributed by atoms with Gasteiger partial charge in [-0.2, -0.15) is 0 Å². The number of hydrogen-bond donors (Lipinski definition) is 0. The van der Waals surface area contributed by atoms with Gasteiger partial charge in [-0.25, -0.2) is 14.2 Å². The van der Waals surface area contributed by atoms with Gasteiger partial charge in [-0.1, -0.05) is 13.8 Å². The molecule has 0 saturated heterocycles. The van der Waals surface area contributed by atoms with E-state index in [0.29, 0.717) is 11.3 Å². The van der Waals surface area contributed by atoms with Crippen LogP contribution in [0.15, 0.2) is 28.7 Å². The first kappa shape index (κ1) is 13.3. The highest BCUT2D eigenvalue weighted by Gasteiger charge is 2.23. The van der Waals surface area contributed by atoms with Gasteiger partial charge in [0.1, 0.15) is 11.6 Å². The van der Waals surface area contributed by atoms with Crippen molar-refractivity contribution in [3.8, 4) is 11.5 Å². The summed E-state index contributed by atoms with van der Waals surface area (Å²) >= 11 is 0. The summed E-state index contributed by atoms with van der Waals surface area (Å²) in [5.41, 5.74) is 0.773. The summed E-state index contributed by atoms with van der Waals surface area (Å²) in [5.74, 6) is -0.139. The van der Waals surface area contributed by atoms with Crippen LogP contribution in [0.1, 0.15) is 36.0 Å². The molecule has 0 saturated carbocycles. The van der Waals surface area contributed by atoms with Crippen LogP contribution in [0.3, 0.4) is 0 Å². The minimum atomic E-state index is -0.541. The van der Waals surface area contributed by atoms with Crippen molar-refractivity contribution in [2.24, 2.45) is 0 Å². The van der Waals surface area contributed by atoms with E-state index >= 15 is 0 Å². The number of nitrogens with zero attached hydrogens (tertiary/aromatic N) is 1. The lowest BCUT2D eigenvalue weighted by Crippen LogP contribution is -2.05. The molecule has 1 aromatic carbocycles. The molecule has 2 aromatic rings. The van der Waals surface area contributed by atoms with Crippen LogP contribution in [0.5, 0.6) is 0 Å². The van der Waals surface area contributed by atoms with Crippen LogP contribution in [0.2, 0.25) is 0 Å². The first-order chi connectivity index (χ1) is 9.02. The Balaban J connectivity index is 2.48. The number of methoxy groups -OCH3 is 1. The Hall–Kier alpha value is -2.17. The molecule has 0 aliphatic rings. The molecule has 4 nitrogen and oxygen atoms in total. The maximum Gasteiger partial charge on any atom is 0.360 e. The zero-order valence-electron chi connectivity index (χ0n) is 10.9. The molecule has 0 unspecified atom stereocenters. The fraction of sp³-hybridized carbons (Fsp3) is 0.286. The van der Waals surface area contributed by atoms with Gasteiger partial charge in [0, 0.05) is 11.5 Å². The van der Waals surface area contributed by atoms with Crippen LogP contribution in [0.4, 0.5) is 4.39 Å². The quantitative estimate of drug-likeness (QED) is 0.796. The van der Waals surface area contributed by atoms with Gasteiger partial charge >= 0.3 is 5.97 Å². The SMILES string of the molecule is COC(=O)c1nc(-c2ccc(F)cc2)oc1C(C)C. The topological polar surface area (TPSA) is 52.3 Å². The van der Waals surface area contributed by atoms with Crippen molar-refractivity contribution < 1.29 is 18.3 Å². The van der Waals surface area contributed by atoms with Gasteiger partial charge in [0.2, 0.25) is 5.89 Å². The van der Waals surface area contributed by atoms with Gasteiger partial charge in [-0.05, 0) is 24.3 Å². The first-order valence-electron chi connectivity index (χ1n) is 5.88. The predicted octanol–water partition coefficient (Wildman–Crippen LogP) is 3.39. The Morgan fingerprint density at radius 3 is 2.47 bits per heavy atom. The molecular formula is C14H14FNO3. The van der Waals surface area contributed by atoms with Crippen molar-refractivity contribution in [2.45, 2.75) is 19.8 Å². The molecule has 0 spiro atoms. The minimum absolute atomic E-state index is 0.00389. The Kier molecular flexibility index (Phi) is 3.64. The highest BCUT2D eigenvalue weighted by atomic mass is 19.1. The molecule has 1 heterocycles. The van der Waals surface area contributed by atoms with Gasteiger partial charge < -0.3 is 9.15 Å². The summed E-state index contributed by atoms with van der Waals surface area (Å²) < 4.78 is 23.1. The second kappa shape index (κ2) is 5.22. The van der Waals surface area contributed by atoms with E-state index in [0.717, 1.165) is 0 Å². The average Bonchev–Trinajstić information content (AvgIpc) is 2.84. The fourth-order valence-corrected chi connectivity index (χ4v) is 1.68. The van der Waals surface area contributed by atoms with E-state index in [1.165, 1.54) is 19.2 Å². The molecule has 100 valence electrons. The van der Waals surface area contributed by atoms with Gasteiger partial charge in [0.25, 0.3) is 0 Å². The number of carbonyl (C=O) groups excluding carboxylic acids is 1. The van der Waals surface area contributed by atoms with E-state index in [1.54, 1.807) is 12.1 Å². The molecule has 0 amide bonds. The molecular weight excluding hydrogens is 249 g/mol. The number of carbonyl (C=O) groups is 1. The second-order valence-corrected chi connectivity index (χ2v) is 4.39. The van der Waals surface area contributed by atoms with Crippen molar-refractivity contribution in [3.63, 3.8) is 0 Å². The minimum Gasteiger partial charge on any atom is -0.464 e. The third-order valence-corrected chi connectivity index (χ3v) is 2.65. The smallest absolute Gasteiger partial charge is 0.360 e. The molecule has 0 bridgehead atoms. The summed E-state index contributed by atoms with van der Waals surface area (Å²) in [5, 5.41) is 0. The molecule has 0 aliphatic carbocycles. The lowest BCUT2D eigenvalue weighted by Gasteiger charge is -2.01. The zero-order chi connectivity index (χ0) is 14.0. The van der Waals surface area contributed by atoms with Gasteiger partial charge in [0.05, 0.1) is 7.11 Å². The number of halogens is 1. The number of hydrogen-bond acceptors (Lipinski definition) is 4. The number of ether oxygens (including phenoxy) is 1. The van der Waals surface area contributed by atoms with Crippen molar-refractivity contribution >= 4 is 5.97 Å². The highest BCUT2D eigenvalue weighted by Crippen LogP contribution is 2.27. The number of oxazole rings is 1. The second-order valence-electron chi connectivity index (χ2n) is 4.39. The monoisotopic (exact) mass is 263 g/mol. The summed E-state index contributed by atoms with van der Waals surface area (Å²) in [4.78, 5) is 15.8. The zero-order valence-corrected chi connectivity index (χ0v) is 10.9. The maximum absolute atomic E-state index is 12.9. The van der Waals surface area contributed by atoms with E-state index < -0.39 is 5.97 Å². The van der Waals surface area contributed by atoms with E-state index in [2.05, 4.69) is 9.72 Å². The van der Waals surface area contributed by atoms with Crippen LogP contribution in [-0.2, 0) is 4.74 Å². The Morgan fingerprint density at radius 2 is 1.95 bits per heavy atom. The first-order valence-corrected chi connectivity index (χ1v) is 5.88. The molecule has 0 aliphatic heterocycles. The molecule has 1 aromatic heterocycles. The van der Waals surface area contributed by atoms with Crippen LogP contribution in [0, 0.1) is 5.82 Å². The van der Waals surface area contributed by atoms with E-state index in [-0.39, 0.29) is 23.3 Å². The Bertz CT molecular complexity index is 587. The van der Waals surface area contributed by atoms with E-state index in [9.17, 15) is 9.18 Å². The molecule has 0 atom stereocenters. The predicted molar refractivity (Wildman–Crippen MR) is 67.3 cm³/mol. The van der Waals surface area contributed by atoms with Gasteiger partial charge in [-0.3, -0.25) is 0 Å². The van der Waals surface area contributed by atoms with Crippen LogP contribution in [-0.4, -0.2) is 18.1 Å². The standard InChI is InChI=1S/C14H14FNO3/c1-8(2)12-11(14(17)18-3)16-13(19-12)9-4-6-10(15)7-5-9/h4-8H,1-3H3. The summed E-state index contributed by atoms with van der Waals surface area (Å²) in [6.45, 7) is 3.78. The highest BCUT2D eigenvalue weighted by molar-refractivity contribution is 5.89. The van der Waals surface area contributed by atoms with Crippen molar-refractivity contribution in [3.05, 3.63) is 41.5 Å². The van der Waals surface area contributed by atoms with Crippen LogP contribution < -0.4 is 0 Å². The fourth-order valence-electron chi connectivity index (χ4n) is 1.68. The molecule has 0 fully saturated rings. The molecule has 2 rings (SSSR count). The molecule has 0 N–H and O–H groups in total. The van der Waals surface area contributed by atoms with Crippen LogP contribution in [0.25, 0.3) is 11.5 Å². The third-order valence-electron chi connectivity index (χ3n) is 2.65. The number of benzene rings is 1. The van der Waals surface area contributed by atoms with Crippen molar-refractivity contribution in [1.29, 1.82) is 0 Å². The van der Waals surface area contributed by atoms with E-state index in [4.69, 9.17) is 4.42 Å². The number of rotatable bonds is 3. The van der Waals surface area contributed by atoms with Gasteiger partial charge in [-0.15, -0.1) is 0 Å². The Morgan fingerprint density at radius 1 is 1.32 bits per heavy atom. The molecule has 19 heavy (non-hydrogen) atoms. The number of aromatic nitrogens is 1. The average molecular weight is 263 g/mol. The maximum atomic E-state index is 12.9. The lowest BCUT2D eigenvalue weighted by atomic mass is 10.1. The summed E-state index contributed by atoms with van der Waals surface area (Å²) in [7, 11) is 1.29. The van der Waals surface area contributed by atoms with Crippen LogP contribution >= 0.6 is 0 Å². The Labute approximate surface area is 110 Å². The lowest BCUT2D eigenvalue weighted by molar-refractivity contribution is 0.0591. The summed E-state index contributed by atoms with van der Waals surface area (Å²) in [6.07, 6.45) is 0.